The van der Waals surface area contributed by atoms with Crippen molar-refractivity contribution in [2.75, 3.05) is 0 Å². The Hall–Kier alpha value is -1.84. The average molecular weight is 244 g/mol. The molecule has 2 rings (SSSR count). The summed E-state index contributed by atoms with van der Waals surface area (Å²) in [6, 6.07) is 0. The van der Waals surface area contributed by atoms with E-state index < -0.39 is 0 Å². The summed E-state index contributed by atoms with van der Waals surface area (Å²) in [7, 11) is 0. The van der Waals surface area contributed by atoms with Gasteiger partial charge in [0.05, 0.1) is 11.4 Å². The van der Waals surface area contributed by atoms with Crippen LogP contribution in [0, 0.1) is 27.7 Å². The van der Waals surface area contributed by atoms with Gasteiger partial charge in [0.2, 0.25) is 0 Å². The highest BCUT2D eigenvalue weighted by Crippen LogP contribution is 2.10. The number of nitrogens with zero attached hydrogens (tertiary/aromatic N) is 2. The van der Waals surface area contributed by atoms with Crippen molar-refractivity contribution in [2.24, 2.45) is 0 Å². The molecule has 4 nitrogen and oxygen atoms in total. The van der Waals surface area contributed by atoms with E-state index in [1.54, 1.807) is 0 Å². The van der Waals surface area contributed by atoms with Crippen molar-refractivity contribution in [3.05, 3.63) is 40.5 Å². The maximum atomic E-state index is 4.47. The number of aryl methyl sites for hydroxylation is 5. The quantitative estimate of drug-likeness (QED) is 0.868. The highest BCUT2D eigenvalue weighted by Gasteiger charge is 2.02. The van der Waals surface area contributed by atoms with Gasteiger partial charge in [-0.05, 0) is 46.6 Å². The molecule has 2 N–H and O–H groups in total. The number of allylic oxidation sites excluding steroid dienone is 1. The molecule has 0 spiro atoms. The zero-order valence-electron chi connectivity index (χ0n) is 11.5. The Morgan fingerprint density at radius 3 is 2.17 bits per heavy atom. The fourth-order valence-electron chi connectivity index (χ4n) is 2.11. The van der Waals surface area contributed by atoms with Gasteiger partial charge in [-0.25, -0.2) is 9.97 Å². The molecular formula is C14H20N4. The summed E-state index contributed by atoms with van der Waals surface area (Å²) in [5.74, 6) is 1.95. The van der Waals surface area contributed by atoms with Crippen LogP contribution < -0.4 is 0 Å². The van der Waals surface area contributed by atoms with Crippen molar-refractivity contribution in [1.82, 2.24) is 19.9 Å². The number of H-pyrrole nitrogens is 2. The van der Waals surface area contributed by atoms with Gasteiger partial charge in [-0.2, -0.15) is 0 Å². The molecular weight excluding hydrogens is 224 g/mol. The van der Waals surface area contributed by atoms with Crippen molar-refractivity contribution in [1.29, 1.82) is 0 Å². The summed E-state index contributed by atoms with van der Waals surface area (Å²) in [5, 5.41) is 0. The maximum absolute atomic E-state index is 4.47. The zero-order chi connectivity index (χ0) is 13.1. The second-order valence-corrected chi connectivity index (χ2v) is 4.67. The van der Waals surface area contributed by atoms with Crippen LogP contribution in [0.1, 0.15) is 40.8 Å². The van der Waals surface area contributed by atoms with E-state index in [2.05, 4.69) is 39.0 Å². The van der Waals surface area contributed by atoms with Gasteiger partial charge in [0.25, 0.3) is 0 Å². The molecule has 2 aromatic heterocycles. The molecule has 0 aliphatic rings. The third-order valence-electron chi connectivity index (χ3n) is 2.97. The monoisotopic (exact) mass is 244 g/mol. The second kappa shape index (κ2) is 5.21. The molecule has 0 radical (unpaired) electrons. The van der Waals surface area contributed by atoms with Crippen LogP contribution in [0.4, 0.5) is 0 Å². The van der Waals surface area contributed by atoms with E-state index in [4.69, 9.17) is 0 Å². The first-order valence-corrected chi connectivity index (χ1v) is 6.28. The van der Waals surface area contributed by atoms with Gasteiger partial charge in [-0.15, -0.1) is 0 Å². The molecule has 0 aliphatic heterocycles. The third-order valence-corrected chi connectivity index (χ3v) is 2.97. The van der Waals surface area contributed by atoms with Crippen molar-refractivity contribution in [3.63, 3.8) is 0 Å². The van der Waals surface area contributed by atoms with Crippen molar-refractivity contribution in [3.8, 4) is 0 Å². The first kappa shape index (κ1) is 12.6. The highest BCUT2D eigenvalue weighted by atomic mass is 14.9. The van der Waals surface area contributed by atoms with Gasteiger partial charge in [0, 0.05) is 11.4 Å². The number of imidazole rings is 2. The number of hydrogen-bond donors (Lipinski definition) is 2. The lowest BCUT2D eigenvalue weighted by atomic mass is 10.2. The van der Waals surface area contributed by atoms with Crippen LogP contribution in [0.3, 0.4) is 0 Å². The first-order valence-electron chi connectivity index (χ1n) is 6.28. The van der Waals surface area contributed by atoms with E-state index in [9.17, 15) is 0 Å². The topological polar surface area (TPSA) is 57.4 Å². The van der Waals surface area contributed by atoms with E-state index in [0.29, 0.717) is 0 Å². The van der Waals surface area contributed by atoms with E-state index in [1.807, 2.05) is 20.8 Å². The summed E-state index contributed by atoms with van der Waals surface area (Å²) in [5.41, 5.74) is 4.48. The average Bonchev–Trinajstić information content (AvgIpc) is 2.77. The molecule has 4 heteroatoms. The molecule has 2 heterocycles. The Labute approximate surface area is 108 Å². The SMILES string of the molecule is Cc1nc(C=CCCc2nc(C)[nH]c2C)c(C)[nH]1. The summed E-state index contributed by atoms with van der Waals surface area (Å²) in [4.78, 5) is 15.3. The molecule has 18 heavy (non-hydrogen) atoms. The lowest BCUT2D eigenvalue weighted by Gasteiger charge is -1.94. The molecule has 0 atom stereocenters. The van der Waals surface area contributed by atoms with Crippen LogP contribution in [0.2, 0.25) is 0 Å². The Kier molecular flexibility index (Phi) is 3.65. The maximum Gasteiger partial charge on any atom is 0.103 e. The molecule has 0 saturated carbocycles. The summed E-state index contributed by atoms with van der Waals surface area (Å²) in [6.45, 7) is 8.07. The van der Waals surface area contributed by atoms with Crippen LogP contribution in [0.25, 0.3) is 6.08 Å². The number of hydrogen-bond acceptors (Lipinski definition) is 2. The smallest absolute Gasteiger partial charge is 0.103 e. The van der Waals surface area contributed by atoms with Gasteiger partial charge >= 0.3 is 0 Å². The minimum atomic E-state index is 0.964. The molecule has 0 unspecified atom stereocenters. The number of nitrogens with one attached hydrogen (secondary N) is 2. The molecule has 0 fully saturated rings. The van der Waals surface area contributed by atoms with Gasteiger partial charge < -0.3 is 9.97 Å². The van der Waals surface area contributed by atoms with E-state index in [-0.39, 0.29) is 0 Å². The molecule has 96 valence electrons. The van der Waals surface area contributed by atoms with Crippen LogP contribution in [0.15, 0.2) is 6.08 Å². The Morgan fingerprint density at radius 1 is 0.944 bits per heavy atom. The van der Waals surface area contributed by atoms with Crippen LogP contribution in [-0.4, -0.2) is 19.9 Å². The van der Waals surface area contributed by atoms with Gasteiger partial charge in [-0.1, -0.05) is 6.08 Å². The van der Waals surface area contributed by atoms with Gasteiger partial charge in [-0.3, -0.25) is 0 Å². The predicted octanol–water partition coefficient (Wildman–Crippen LogP) is 3.01. The molecule has 0 amide bonds. The Morgan fingerprint density at radius 2 is 1.61 bits per heavy atom. The predicted molar refractivity (Wildman–Crippen MR) is 73.5 cm³/mol. The number of aromatic nitrogens is 4. The lowest BCUT2D eigenvalue weighted by molar-refractivity contribution is 0.941. The number of aromatic amines is 2. The summed E-state index contributed by atoms with van der Waals surface area (Å²) >= 11 is 0. The van der Waals surface area contributed by atoms with Gasteiger partial charge in [0.1, 0.15) is 11.6 Å². The van der Waals surface area contributed by atoms with Crippen LogP contribution in [-0.2, 0) is 6.42 Å². The largest absolute Gasteiger partial charge is 0.346 e. The van der Waals surface area contributed by atoms with Crippen molar-refractivity contribution in [2.45, 2.75) is 40.5 Å². The Balaban J connectivity index is 1.92. The van der Waals surface area contributed by atoms with E-state index >= 15 is 0 Å². The van der Waals surface area contributed by atoms with E-state index in [1.165, 1.54) is 5.69 Å². The standard InChI is InChI=1S/C14H20N4/c1-9-13(17-11(3)15-9)7-5-6-8-14-10(2)16-12(4)18-14/h5,7H,6,8H2,1-4H3,(H,15,17)(H,16,18). The zero-order valence-corrected chi connectivity index (χ0v) is 11.5. The lowest BCUT2D eigenvalue weighted by Crippen LogP contribution is -1.87. The molecule has 0 saturated heterocycles. The first-order chi connectivity index (χ1) is 8.56. The van der Waals surface area contributed by atoms with Gasteiger partial charge in [0.15, 0.2) is 0 Å². The van der Waals surface area contributed by atoms with Crippen LogP contribution >= 0.6 is 0 Å². The fourth-order valence-corrected chi connectivity index (χ4v) is 2.11. The molecule has 0 aliphatic carbocycles. The summed E-state index contributed by atoms with van der Waals surface area (Å²) in [6.07, 6.45) is 6.19. The van der Waals surface area contributed by atoms with Crippen molar-refractivity contribution >= 4 is 6.08 Å². The Bertz CT molecular complexity index is 560. The third kappa shape index (κ3) is 2.88. The summed E-state index contributed by atoms with van der Waals surface area (Å²) < 4.78 is 0. The molecule has 0 aromatic carbocycles. The minimum Gasteiger partial charge on any atom is -0.346 e. The molecule has 0 bridgehead atoms. The minimum absolute atomic E-state index is 0.964. The second-order valence-electron chi connectivity index (χ2n) is 4.67. The normalized spacial score (nSPS) is 11.6. The van der Waals surface area contributed by atoms with E-state index in [0.717, 1.165) is 41.6 Å². The molecule has 2 aromatic rings. The highest BCUT2D eigenvalue weighted by molar-refractivity contribution is 5.47. The van der Waals surface area contributed by atoms with Crippen LogP contribution in [0.5, 0.6) is 0 Å². The number of rotatable bonds is 4. The van der Waals surface area contributed by atoms with Crippen molar-refractivity contribution < 1.29 is 0 Å². The fraction of sp³-hybridized carbons (Fsp3) is 0.429.